The highest BCUT2D eigenvalue weighted by molar-refractivity contribution is 5.88. The number of rotatable bonds is 4. The van der Waals surface area contributed by atoms with E-state index in [4.69, 9.17) is 5.11 Å². The van der Waals surface area contributed by atoms with Crippen molar-refractivity contribution in [3.8, 4) is 0 Å². The molecule has 0 saturated carbocycles. The van der Waals surface area contributed by atoms with Crippen molar-refractivity contribution >= 4 is 11.7 Å². The minimum absolute atomic E-state index is 0.348. The quantitative estimate of drug-likeness (QED) is 0.901. The number of benzene rings is 1. The molecule has 0 aliphatic heterocycles. The van der Waals surface area contributed by atoms with Gasteiger partial charge in [0.15, 0.2) is 0 Å². The fourth-order valence-electron chi connectivity index (χ4n) is 1.79. The zero-order chi connectivity index (χ0) is 14.7. The number of hydrogen-bond acceptors (Lipinski definition) is 3. The molecule has 0 aliphatic carbocycles. The number of anilines is 1. The standard InChI is InChI=1S/C14H12F2N2O2/c1-8(9-2-4-17-5-3-9)18-13-11(15)6-10(14(19)20)7-12(13)16/h2-8,18H,1H3,(H,19,20). The Morgan fingerprint density at radius 3 is 2.30 bits per heavy atom. The zero-order valence-electron chi connectivity index (χ0n) is 10.6. The Hall–Kier alpha value is -2.50. The van der Waals surface area contributed by atoms with Crippen molar-refractivity contribution in [1.29, 1.82) is 0 Å². The van der Waals surface area contributed by atoms with Gasteiger partial charge in [-0.1, -0.05) is 0 Å². The van der Waals surface area contributed by atoms with Crippen molar-refractivity contribution in [2.24, 2.45) is 0 Å². The maximum atomic E-state index is 13.8. The first-order chi connectivity index (χ1) is 9.49. The highest BCUT2D eigenvalue weighted by Gasteiger charge is 2.16. The van der Waals surface area contributed by atoms with Crippen molar-refractivity contribution in [2.75, 3.05) is 5.32 Å². The Labute approximate surface area is 114 Å². The molecule has 0 amide bonds. The van der Waals surface area contributed by atoms with Gasteiger partial charge in [-0.15, -0.1) is 0 Å². The molecule has 2 rings (SSSR count). The molecule has 0 radical (unpaired) electrons. The summed E-state index contributed by atoms with van der Waals surface area (Å²) in [5, 5.41) is 11.4. The molecular weight excluding hydrogens is 266 g/mol. The number of carbonyl (C=O) groups is 1. The third kappa shape index (κ3) is 2.90. The Morgan fingerprint density at radius 1 is 1.25 bits per heavy atom. The molecule has 0 bridgehead atoms. The van der Waals surface area contributed by atoms with Crippen LogP contribution < -0.4 is 5.32 Å². The topological polar surface area (TPSA) is 62.2 Å². The van der Waals surface area contributed by atoms with Gasteiger partial charge in [-0.2, -0.15) is 0 Å². The maximum absolute atomic E-state index is 13.8. The number of aromatic carboxylic acids is 1. The lowest BCUT2D eigenvalue weighted by Crippen LogP contribution is -2.11. The fraction of sp³-hybridized carbons (Fsp3) is 0.143. The Bertz CT molecular complexity index is 609. The maximum Gasteiger partial charge on any atom is 0.335 e. The van der Waals surface area contributed by atoms with Crippen LogP contribution in [-0.4, -0.2) is 16.1 Å². The second-order valence-electron chi connectivity index (χ2n) is 4.27. The normalized spacial score (nSPS) is 11.9. The summed E-state index contributed by atoms with van der Waals surface area (Å²) in [7, 11) is 0. The molecule has 1 atom stereocenters. The molecule has 1 aromatic carbocycles. The van der Waals surface area contributed by atoms with Crippen LogP contribution in [0.15, 0.2) is 36.7 Å². The van der Waals surface area contributed by atoms with E-state index in [-0.39, 0.29) is 11.7 Å². The summed E-state index contributed by atoms with van der Waals surface area (Å²) in [6, 6.07) is 4.66. The monoisotopic (exact) mass is 278 g/mol. The highest BCUT2D eigenvalue weighted by Crippen LogP contribution is 2.25. The second kappa shape index (κ2) is 5.64. The molecule has 6 heteroatoms. The van der Waals surface area contributed by atoms with Gasteiger partial charge in [-0.3, -0.25) is 4.98 Å². The van der Waals surface area contributed by atoms with Crippen molar-refractivity contribution in [1.82, 2.24) is 4.98 Å². The highest BCUT2D eigenvalue weighted by atomic mass is 19.1. The van der Waals surface area contributed by atoms with Gasteiger partial charge >= 0.3 is 5.97 Å². The summed E-state index contributed by atoms with van der Waals surface area (Å²) < 4.78 is 27.5. The molecular formula is C14H12F2N2O2. The number of aromatic nitrogens is 1. The van der Waals surface area contributed by atoms with Crippen molar-refractivity contribution in [3.63, 3.8) is 0 Å². The van der Waals surface area contributed by atoms with E-state index in [1.807, 2.05) is 0 Å². The number of carboxylic acids is 1. The molecule has 20 heavy (non-hydrogen) atoms. The molecule has 1 unspecified atom stereocenters. The van der Waals surface area contributed by atoms with E-state index >= 15 is 0 Å². The molecule has 0 fully saturated rings. The second-order valence-corrected chi connectivity index (χ2v) is 4.27. The van der Waals surface area contributed by atoms with Gasteiger partial charge in [0, 0.05) is 18.4 Å². The van der Waals surface area contributed by atoms with Crippen LogP contribution in [0, 0.1) is 11.6 Å². The van der Waals surface area contributed by atoms with Crippen molar-refractivity contribution < 1.29 is 18.7 Å². The molecule has 0 aliphatic rings. The van der Waals surface area contributed by atoms with E-state index in [2.05, 4.69) is 10.3 Å². The molecule has 104 valence electrons. The minimum Gasteiger partial charge on any atom is -0.478 e. The van der Waals surface area contributed by atoms with Gasteiger partial charge in [-0.05, 0) is 36.8 Å². The Balaban J connectivity index is 2.28. The summed E-state index contributed by atoms with van der Waals surface area (Å²) in [6.07, 6.45) is 3.15. The summed E-state index contributed by atoms with van der Waals surface area (Å²) in [6.45, 7) is 1.74. The van der Waals surface area contributed by atoms with E-state index in [9.17, 15) is 13.6 Å². The smallest absolute Gasteiger partial charge is 0.335 e. The number of hydrogen-bond donors (Lipinski definition) is 2. The number of nitrogens with one attached hydrogen (secondary N) is 1. The third-order valence-electron chi connectivity index (χ3n) is 2.86. The van der Waals surface area contributed by atoms with Crippen LogP contribution in [0.4, 0.5) is 14.5 Å². The molecule has 2 aromatic rings. The summed E-state index contributed by atoms with van der Waals surface area (Å²) in [4.78, 5) is 14.6. The van der Waals surface area contributed by atoms with E-state index in [0.717, 1.165) is 17.7 Å². The van der Waals surface area contributed by atoms with Crippen molar-refractivity contribution in [2.45, 2.75) is 13.0 Å². The van der Waals surface area contributed by atoms with E-state index in [0.29, 0.717) is 0 Å². The number of nitrogens with zero attached hydrogens (tertiary/aromatic N) is 1. The van der Waals surface area contributed by atoms with Gasteiger partial charge in [0.25, 0.3) is 0 Å². The minimum atomic E-state index is -1.38. The lowest BCUT2D eigenvalue weighted by molar-refractivity contribution is 0.0696. The van der Waals surface area contributed by atoms with Crippen LogP contribution in [0.3, 0.4) is 0 Å². The van der Waals surface area contributed by atoms with Gasteiger partial charge in [0.05, 0.1) is 5.56 Å². The van der Waals surface area contributed by atoms with Crippen LogP contribution in [0.1, 0.15) is 28.9 Å². The van der Waals surface area contributed by atoms with E-state index in [1.54, 1.807) is 31.5 Å². The van der Waals surface area contributed by atoms with E-state index in [1.165, 1.54) is 0 Å². The predicted octanol–water partition coefficient (Wildman–Crippen LogP) is 3.23. The zero-order valence-corrected chi connectivity index (χ0v) is 10.6. The van der Waals surface area contributed by atoms with Gasteiger partial charge in [-0.25, -0.2) is 13.6 Å². The van der Waals surface area contributed by atoms with Crippen LogP contribution in [0.5, 0.6) is 0 Å². The van der Waals surface area contributed by atoms with Crippen LogP contribution in [0.25, 0.3) is 0 Å². The van der Waals surface area contributed by atoms with Gasteiger partial charge < -0.3 is 10.4 Å². The molecule has 1 aromatic heterocycles. The summed E-state index contributed by atoms with van der Waals surface area (Å²) in [5.41, 5.74) is 0.0301. The van der Waals surface area contributed by atoms with Gasteiger partial charge in [0.2, 0.25) is 0 Å². The first kappa shape index (κ1) is 13.9. The first-order valence-electron chi connectivity index (χ1n) is 5.88. The SMILES string of the molecule is CC(Nc1c(F)cc(C(=O)O)cc1F)c1ccncc1. The van der Waals surface area contributed by atoms with E-state index < -0.39 is 23.2 Å². The molecule has 0 spiro atoms. The Kier molecular flexibility index (Phi) is 3.93. The largest absolute Gasteiger partial charge is 0.478 e. The molecule has 4 nitrogen and oxygen atoms in total. The summed E-state index contributed by atoms with van der Waals surface area (Å²) in [5.74, 6) is -3.26. The van der Waals surface area contributed by atoms with Crippen molar-refractivity contribution in [3.05, 3.63) is 59.4 Å². The lowest BCUT2D eigenvalue weighted by Gasteiger charge is -2.17. The first-order valence-corrected chi connectivity index (χ1v) is 5.88. The average molecular weight is 278 g/mol. The predicted molar refractivity (Wildman–Crippen MR) is 69.6 cm³/mol. The van der Waals surface area contributed by atoms with Crippen LogP contribution in [-0.2, 0) is 0 Å². The number of halogens is 2. The van der Waals surface area contributed by atoms with Gasteiger partial charge in [0.1, 0.15) is 17.3 Å². The number of carboxylic acid groups (broad SMARTS) is 1. The average Bonchev–Trinajstić information content (AvgIpc) is 2.43. The van der Waals surface area contributed by atoms with Crippen LogP contribution >= 0.6 is 0 Å². The molecule has 0 saturated heterocycles. The van der Waals surface area contributed by atoms with Crippen LogP contribution in [0.2, 0.25) is 0 Å². The number of pyridine rings is 1. The summed E-state index contributed by atoms with van der Waals surface area (Å²) >= 11 is 0. The molecule has 1 heterocycles. The third-order valence-corrected chi connectivity index (χ3v) is 2.86. The Morgan fingerprint density at radius 2 is 1.80 bits per heavy atom. The lowest BCUT2D eigenvalue weighted by atomic mass is 10.1. The fourth-order valence-corrected chi connectivity index (χ4v) is 1.79. The molecule has 2 N–H and O–H groups in total.